The largest absolute Gasteiger partial charge is 0.493 e. The van der Waals surface area contributed by atoms with E-state index in [-0.39, 0.29) is 24.0 Å². The fourth-order valence-corrected chi connectivity index (χ4v) is 2.40. The van der Waals surface area contributed by atoms with E-state index in [1.807, 2.05) is 37.3 Å². The van der Waals surface area contributed by atoms with Gasteiger partial charge in [-0.25, -0.2) is 9.98 Å². The molecule has 2 rings (SSSR count). The van der Waals surface area contributed by atoms with Crippen LogP contribution in [0.4, 0.5) is 5.69 Å². The van der Waals surface area contributed by atoms with E-state index in [9.17, 15) is 0 Å². The second-order valence-electron chi connectivity index (χ2n) is 5.71. The van der Waals surface area contributed by atoms with Crippen molar-refractivity contribution in [2.24, 2.45) is 4.99 Å². The highest BCUT2D eigenvalue weighted by Gasteiger charge is 2.08. The summed E-state index contributed by atoms with van der Waals surface area (Å²) in [6.07, 6.45) is 2.66. The summed E-state index contributed by atoms with van der Waals surface area (Å²) in [7, 11) is 3.23. The van der Waals surface area contributed by atoms with Gasteiger partial charge in [-0.3, -0.25) is 0 Å². The monoisotopic (exact) mass is 500 g/mol. The van der Waals surface area contributed by atoms with Crippen molar-refractivity contribution in [1.29, 1.82) is 0 Å². The Morgan fingerprint density at radius 2 is 1.89 bits per heavy atom. The molecule has 0 fully saturated rings. The number of rotatable bonds is 9. The summed E-state index contributed by atoms with van der Waals surface area (Å²) >= 11 is 0. The predicted octanol–water partition coefficient (Wildman–Crippen LogP) is 4.08. The molecule has 2 N–H and O–H groups in total. The molecular weight excluding hydrogens is 471 g/mol. The topological polar surface area (TPSA) is 77.0 Å². The van der Waals surface area contributed by atoms with Crippen LogP contribution in [0.25, 0.3) is 0 Å². The van der Waals surface area contributed by atoms with E-state index in [1.54, 1.807) is 20.4 Å². The number of pyridine rings is 1. The van der Waals surface area contributed by atoms with Crippen molar-refractivity contribution in [2.75, 3.05) is 32.7 Å². The highest BCUT2D eigenvalue weighted by molar-refractivity contribution is 14.0. The Morgan fingerprint density at radius 1 is 1.11 bits per heavy atom. The van der Waals surface area contributed by atoms with Crippen LogP contribution in [0.3, 0.4) is 0 Å². The van der Waals surface area contributed by atoms with E-state index >= 15 is 0 Å². The lowest BCUT2D eigenvalue weighted by Gasteiger charge is -2.14. The fourth-order valence-electron chi connectivity index (χ4n) is 2.40. The van der Waals surface area contributed by atoms with Crippen LogP contribution >= 0.6 is 24.0 Å². The van der Waals surface area contributed by atoms with Crippen molar-refractivity contribution < 1.29 is 14.2 Å². The first-order valence-electron chi connectivity index (χ1n) is 9.05. The molecule has 0 aliphatic carbocycles. The average molecular weight is 500 g/mol. The molecule has 0 radical (unpaired) electrons. The second-order valence-corrected chi connectivity index (χ2v) is 5.71. The van der Waals surface area contributed by atoms with Crippen LogP contribution in [-0.4, -0.2) is 38.3 Å². The Labute approximate surface area is 183 Å². The maximum Gasteiger partial charge on any atom is 0.218 e. The van der Waals surface area contributed by atoms with Gasteiger partial charge in [0.1, 0.15) is 0 Å². The number of aliphatic imine (C=N–C) groups is 1. The summed E-state index contributed by atoms with van der Waals surface area (Å²) in [5.74, 6) is 2.62. The van der Waals surface area contributed by atoms with Crippen LogP contribution in [0.15, 0.2) is 41.5 Å². The molecular formula is C20H29IN4O3. The molecule has 0 aliphatic rings. The lowest BCUT2D eigenvalue weighted by Crippen LogP contribution is -2.30. The Balaban J connectivity index is 0.00000392. The third kappa shape index (κ3) is 7.06. The number of methoxy groups -OCH3 is 2. The molecule has 28 heavy (non-hydrogen) atoms. The zero-order valence-electron chi connectivity index (χ0n) is 16.8. The van der Waals surface area contributed by atoms with Gasteiger partial charge in [-0.1, -0.05) is 13.0 Å². The Bertz CT molecular complexity index is 756. The number of guanidine groups is 1. The smallest absolute Gasteiger partial charge is 0.218 e. The molecule has 2 aromatic rings. The Hall–Kier alpha value is -2.23. The molecule has 0 atom stereocenters. The van der Waals surface area contributed by atoms with Crippen LogP contribution in [-0.2, 0) is 6.54 Å². The molecule has 0 unspecified atom stereocenters. The number of hydrogen-bond acceptors (Lipinski definition) is 5. The maximum absolute atomic E-state index is 5.70. The molecule has 0 bridgehead atoms. The van der Waals surface area contributed by atoms with E-state index in [0.29, 0.717) is 36.5 Å². The van der Waals surface area contributed by atoms with Crippen molar-refractivity contribution in [3.8, 4) is 17.4 Å². The predicted molar refractivity (Wildman–Crippen MR) is 123 cm³/mol. The maximum atomic E-state index is 5.70. The second kappa shape index (κ2) is 13.0. The van der Waals surface area contributed by atoms with Crippen molar-refractivity contribution in [2.45, 2.75) is 26.8 Å². The van der Waals surface area contributed by atoms with Crippen LogP contribution in [0.1, 0.15) is 25.8 Å². The highest BCUT2D eigenvalue weighted by Crippen LogP contribution is 2.29. The van der Waals surface area contributed by atoms with E-state index in [2.05, 4.69) is 27.5 Å². The number of nitrogens with zero attached hydrogens (tertiary/aromatic N) is 2. The number of nitrogens with one attached hydrogen (secondary N) is 2. The van der Waals surface area contributed by atoms with Gasteiger partial charge in [-0.15, -0.1) is 24.0 Å². The lowest BCUT2D eigenvalue weighted by molar-refractivity contribution is 0.302. The summed E-state index contributed by atoms with van der Waals surface area (Å²) < 4.78 is 16.3. The van der Waals surface area contributed by atoms with Gasteiger partial charge < -0.3 is 24.8 Å². The number of anilines is 1. The van der Waals surface area contributed by atoms with Crippen LogP contribution < -0.4 is 24.8 Å². The van der Waals surface area contributed by atoms with Crippen molar-refractivity contribution in [1.82, 2.24) is 10.3 Å². The first-order chi connectivity index (χ1) is 13.2. The first kappa shape index (κ1) is 23.8. The van der Waals surface area contributed by atoms with Gasteiger partial charge in [-0.2, -0.15) is 0 Å². The molecule has 0 aliphatic heterocycles. The van der Waals surface area contributed by atoms with Crippen LogP contribution in [0.2, 0.25) is 0 Å². The number of aromatic nitrogens is 1. The fraction of sp³-hybridized carbons (Fsp3) is 0.400. The van der Waals surface area contributed by atoms with Gasteiger partial charge >= 0.3 is 0 Å². The minimum atomic E-state index is 0. The van der Waals surface area contributed by atoms with Gasteiger partial charge in [-0.05, 0) is 31.5 Å². The number of halogens is 1. The van der Waals surface area contributed by atoms with Gasteiger partial charge in [0.15, 0.2) is 17.5 Å². The Kier molecular flexibility index (Phi) is 11.1. The first-order valence-corrected chi connectivity index (χ1v) is 9.05. The van der Waals surface area contributed by atoms with Crippen LogP contribution in [0, 0.1) is 0 Å². The van der Waals surface area contributed by atoms with E-state index in [4.69, 9.17) is 14.2 Å². The van der Waals surface area contributed by atoms with E-state index in [1.165, 1.54) is 0 Å². The molecule has 0 saturated carbocycles. The normalized spacial score (nSPS) is 10.6. The molecule has 154 valence electrons. The van der Waals surface area contributed by atoms with Crippen molar-refractivity contribution in [3.05, 3.63) is 42.1 Å². The summed E-state index contributed by atoms with van der Waals surface area (Å²) in [5, 5.41) is 6.52. The number of ether oxygens (including phenoxy) is 3. The number of hydrogen-bond donors (Lipinski definition) is 2. The lowest BCUT2D eigenvalue weighted by atomic mass is 10.2. The van der Waals surface area contributed by atoms with E-state index in [0.717, 1.165) is 24.2 Å². The molecule has 1 aromatic carbocycles. The van der Waals surface area contributed by atoms with Crippen molar-refractivity contribution in [3.63, 3.8) is 0 Å². The minimum Gasteiger partial charge on any atom is -0.493 e. The summed E-state index contributed by atoms with van der Waals surface area (Å²) in [6, 6.07) is 9.49. The van der Waals surface area contributed by atoms with Gasteiger partial charge in [0, 0.05) is 30.1 Å². The number of benzene rings is 1. The van der Waals surface area contributed by atoms with Gasteiger partial charge in [0.25, 0.3) is 0 Å². The zero-order chi connectivity index (χ0) is 19.5. The third-order valence-corrected chi connectivity index (χ3v) is 3.69. The molecule has 8 heteroatoms. The standard InChI is InChI=1S/C20H28N4O3.HI/c1-5-12-27-19-15(8-7-11-22-19)14-23-20(21-6-2)24-16-9-10-17(25-3)18(13-16)26-4;/h7-11,13H,5-6,12,14H2,1-4H3,(H2,21,23,24);1H. The minimum absolute atomic E-state index is 0. The molecule has 0 amide bonds. The molecule has 0 spiro atoms. The molecule has 7 nitrogen and oxygen atoms in total. The highest BCUT2D eigenvalue weighted by atomic mass is 127. The quantitative estimate of drug-likeness (QED) is 0.307. The Morgan fingerprint density at radius 3 is 2.57 bits per heavy atom. The van der Waals surface area contributed by atoms with Crippen LogP contribution in [0.5, 0.6) is 17.4 Å². The molecule has 1 aromatic heterocycles. The SMILES string of the molecule is CCCOc1ncccc1CN=C(NCC)Nc1ccc(OC)c(OC)c1.I. The molecule has 0 saturated heterocycles. The zero-order valence-corrected chi connectivity index (χ0v) is 19.2. The third-order valence-electron chi connectivity index (χ3n) is 3.69. The summed E-state index contributed by atoms with van der Waals surface area (Å²) in [4.78, 5) is 8.95. The van der Waals surface area contributed by atoms with E-state index < -0.39 is 0 Å². The summed E-state index contributed by atoms with van der Waals surface area (Å²) in [5.41, 5.74) is 1.79. The van der Waals surface area contributed by atoms with Gasteiger partial charge in [0.2, 0.25) is 5.88 Å². The van der Waals surface area contributed by atoms with Gasteiger partial charge in [0.05, 0.1) is 27.4 Å². The van der Waals surface area contributed by atoms with Crippen molar-refractivity contribution >= 4 is 35.6 Å². The summed E-state index contributed by atoms with van der Waals surface area (Å²) in [6.45, 7) is 5.92. The average Bonchev–Trinajstić information content (AvgIpc) is 2.71. The molecule has 1 heterocycles.